The van der Waals surface area contributed by atoms with E-state index in [1.54, 1.807) is 0 Å². The third-order valence-electron chi connectivity index (χ3n) is 6.37. The number of carbonyl (C=O) groups excluding carboxylic acids is 1. The van der Waals surface area contributed by atoms with E-state index >= 15 is 0 Å². The van der Waals surface area contributed by atoms with Crippen molar-refractivity contribution in [1.29, 1.82) is 0 Å². The molecule has 1 fully saturated rings. The molecule has 0 bridgehead atoms. The normalized spacial score (nSPS) is 22.8. The highest BCUT2D eigenvalue weighted by molar-refractivity contribution is 8.14. The van der Waals surface area contributed by atoms with Gasteiger partial charge in [-0.25, -0.2) is 5.43 Å². The summed E-state index contributed by atoms with van der Waals surface area (Å²) in [5.41, 5.74) is 10.2. The van der Waals surface area contributed by atoms with Gasteiger partial charge < -0.3 is 15.2 Å². The Balaban J connectivity index is 1.13. The zero-order valence-corrected chi connectivity index (χ0v) is 20.6. The first-order valence-corrected chi connectivity index (χ1v) is 13.1. The lowest BCUT2D eigenvalue weighted by atomic mass is 10.00. The molecule has 2 aromatic carbocycles. The molecule has 178 valence electrons. The summed E-state index contributed by atoms with van der Waals surface area (Å²) in [4.78, 5) is 14.6. The second kappa shape index (κ2) is 10.3. The summed E-state index contributed by atoms with van der Waals surface area (Å²) >= 11 is 7.49. The summed E-state index contributed by atoms with van der Waals surface area (Å²) in [6.45, 7) is 2.19. The summed E-state index contributed by atoms with van der Waals surface area (Å²) in [7, 11) is 0. The molecule has 3 unspecified atom stereocenters. The maximum Gasteiger partial charge on any atom is 0.234 e. The van der Waals surface area contributed by atoms with Crippen molar-refractivity contribution in [2.45, 2.75) is 50.9 Å². The van der Waals surface area contributed by atoms with Gasteiger partial charge in [0.1, 0.15) is 6.17 Å². The molecule has 0 saturated carbocycles. The van der Waals surface area contributed by atoms with E-state index in [9.17, 15) is 4.79 Å². The first-order valence-electron chi connectivity index (χ1n) is 11.7. The van der Waals surface area contributed by atoms with E-state index in [0.29, 0.717) is 5.75 Å². The molecule has 0 aromatic heterocycles. The molecule has 1 saturated heterocycles. The van der Waals surface area contributed by atoms with Crippen molar-refractivity contribution in [3.05, 3.63) is 77.1 Å². The van der Waals surface area contributed by atoms with Gasteiger partial charge in [-0.05, 0) is 54.7 Å². The van der Waals surface area contributed by atoms with Crippen LogP contribution >= 0.6 is 23.4 Å². The highest BCUT2D eigenvalue weighted by Gasteiger charge is 2.44. The molecule has 3 aliphatic rings. The van der Waals surface area contributed by atoms with Crippen molar-refractivity contribution in [1.82, 2.24) is 20.8 Å². The molecule has 34 heavy (non-hydrogen) atoms. The largest absolute Gasteiger partial charge is 0.325 e. The molecular formula is C25H29ClN6OS. The Kier molecular flexibility index (Phi) is 6.99. The van der Waals surface area contributed by atoms with Gasteiger partial charge in [0, 0.05) is 23.1 Å². The highest BCUT2D eigenvalue weighted by Crippen LogP contribution is 2.35. The fraction of sp³-hybridized carbons (Fsp3) is 0.360. The van der Waals surface area contributed by atoms with Crippen LogP contribution in [0.3, 0.4) is 0 Å². The molecule has 3 aliphatic heterocycles. The lowest BCUT2D eigenvalue weighted by Crippen LogP contribution is -2.54. The van der Waals surface area contributed by atoms with Crippen molar-refractivity contribution in [2.24, 2.45) is 5.10 Å². The topological polar surface area (TPSA) is 72.0 Å². The number of aryl methyl sites for hydroxylation is 1. The van der Waals surface area contributed by atoms with Crippen molar-refractivity contribution >= 4 is 40.1 Å². The predicted octanol–water partition coefficient (Wildman–Crippen LogP) is 4.66. The quantitative estimate of drug-likeness (QED) is 0.517. The molecule has 3 N–H and O–H groups in total. The van der Waals surface area contributed by atoms with Crippen molar-refractivity contribution in [2.75, 3.05) is 11.1 Å². The average molecular weight is 497 g/mol. The Morgan fingerprint density at radius 1 is 1.18 bits per heavy atom. The maximum absolute atomic E-state index is 12.5. The number of rotatable bonds is 7. The third kappa shape index (κ3) is 5.04. The SMILES string of the molecule is CCCCc1ccc(NC(=O)CSC2=NNC3C4CC(c5ccc(Cl)cc5)NN4C=CN23)cc1. The molecule has 2 aromatic rings. The van der Waals surface area contributed by atoms with Crippen molar-refractivity contribution in [3.8, 4) is 0 Å². The number of hydrazone groups is 1. The lowest BCUT2D eigenvalue weighted by molar-refractivity contribution is -0.113. The number of anilines is 1. The van der Waals surface area contributed by atoms with Crippen LogP contribution in [0.2, 0.25) is 5.02 Å². The van der Waals surface area contributed by atoms with Crippen LogP contribution in [0.25, 0.3) is 0 Å². The van der Waals surface area contributed by atoms with Gasteiger partial charge in [-0.15, -0.1) is 0 Å². The number of fused-ring (bicyclic) bond motifs is 3. The van der Waals surface area contributed by atoms with Gasteiger partial charge in [0.05, 0.1) is 17.8 Å². The van der Waals surface area contributed by atoms with Crippen LogP contribution in [0.1, 0.15) is 43.4 Å². The van der Waals surface area contributed by atoms with Gasteiger partial charge >= 0.3 is 0 Å². The number of hydrazine groups is 1. The predicted molar refractivity (Wildman–Crippen MR) is 139 cm³/mol. The van der Waals surface area contributed by atoms with E-state index in [-0.39, 0.29) is 24.2 Å². The second-order valence-corrected chi connectivity index (χ2v) is 10.1. The van der Waals surface area contributed by atoms with Gasteiger partial charge in [-0.1, -0.05) is 61.0 Å². The standard InChI is InChI=1S/C25H29ClN6OS/c1-2-3-4-17-5-11-20(12-6-17)27-23(33)16-34-25-29-28-24-22-15-21(18-7-9-19(26)10-8-18)30-32(22)14-13-31(24)25/h5-14,21-22,24,28,30H,2-4,15-16H2,1H3,(H,27,33). The zero-order chi connectivity index (χ0) is 23.5. The van der Waals surface area contributed by atoms with Crippen LogP contribution in [0.4, 0.5) is 5.69 Å². The average Bonchev–Trinajstić information content (AvgIpc) is 3.47. The molecular weight excluding hydrogens is 468 g/mol. The summed E-state index contributed by atoms with van der Waals surface area (Å²) < 4.78 is 0. The number of halogens is 1. The van der Waals surface area contributed by atoms with E-state index in [4.69, 9.17) is 11.6 Å². The summed E-state index contributed by atoms with van der Waals surface area (Å²) in [6, 6.07) is 16.5. The second-order valence-electron chi connectivity index (χ2n) is 8.75. The van der Waals surface area contributed by atoms with E-state index in [0.717, 1.165) is 28.7 Å². The smallest absolute Gasteiger partial charge is 0.234 e. The number of hydrogen-bond donors (Lipinski definition) is 3. The van der Waals surface area contributed by atoms with Crippen LogP contribution in [-0.4, -0.2) is 38.9 Å². The molecule has 3 heterocycles. The minimum absolute atomic E-state index is 0.0241. The van der Waals surface area contributed by atoms with Crippen LogP contribution in [0.5, 0.6) is 0 Å². The number of nitrogens with zero attached hydrogens (tertiary/aromatic N) is 3. The molecule has 3 atom stereocenters. The van der Waals surface area contributed by atoms with Crippen LogP contribution in [0, 0.1) is 0 Å². The molecule has 5 rings (SSSR count). The third-order valence-corrected chi connectivity index (χ3v) is 7.59. The Morgan fingerprint density at radius 2 is 1.97 bits per heavy atom. The summed E-state index contributed by atoms with van der Waals surface area (Å²) in [5, 5.41) is 11.2. The number of amidine groups is 1. The number of hydrogen-bond acceptors (Lipinski definition) is 7. The van der Waals surface area contributed by atoms with E-state index < -0.39 is 0 Å². The molecule has 7 nitrogen and oxygen atoms in total. The fourth-order valence-corrected chi connectivity index (χ4v) is 5.42. The first-order chi connectivity index (χ1) is 16.6. The van der Waals surface area contributed by atoms with Crippen molar-refractivity contribution in [3.63, 3.8) is 0 Å². The Bertz CT molecular complexity index is 1070. The fourth-order valence-electron chi connectivity index (χ4n) is 4.53. The van der Waals surface area contributed by atoms with Crippen LogP contribution < -0.4 is 16.2 Å². The molecule has 0 aliphatic carbocycles. The molecule has 0 spiro atoms. The van der Waals surface area contributed by atoms with Gasteiger partial charge in [-0.2, -0.15) is 5.10 Å². The van der Waals surface area contributed by atoms with Gasteiger partial charge in [-0.3, -0.25) is 10.2 Å². The summed E-state index contributed by atoms with van der Waals surface area (Å²) in [6.07, 6.45) is 8.45. The highest BCUT2D eigenvalue weighted by atomic mass is 35.5. The minimum Gasteiger partial charge on any atom is -0.325 e. The Labute approximate surface area is 209 Å². The zero-order valence-electron chi connectivity index (χ0n) is 19.1. The number of unbranched alkanes of at least 4 members (excludes halogenated alkanes) is 1. The molecule has 1 amide bonds. The monoisotopic (exact) mass is 496 g/mol. The number of benzene rings is 2. The first kappa shape index (κ1) is 23.1. The van der Waals surface area contributed by atoms with Gasteiger partial charge in [0.15, 0.2) is 5.17 Å². The van der Waals surface area contributed by atoms with Crippen LogP contribution in [0.15, 0.2) is 66.0 Å². The maximum atomic E-state index is 12.5. The number of carbonyl (C=O) groups is 1. The summed E-state index contributed by atoms with van der Waals surface area (Å²) in [5.74, 6) is 0.264. The van der Waals surface area contributed by atoms with Gasteiger partial charge in [0.2, 0.25) is 5.91 Å². The van der Waals surface area contributed by atoms with E-state index in [1.807, 2.05) is 36.7 Å². The Hall–Kier alpha value is -2.68. The number of nitrogens with one attached hydrogen (secondary N) is 3. The van der Waals surface area contributed by atoms with Crippen LogP contribution in [-0.2, 0) is 11.2 Å². The minimum atomic E-state index is -0.0367. The van der Waals surface area contributed by atoms with E-state index in [1.165, 1.54) is 35.7 Å². The molecule has 0 radical (unpaired) electrons. The number of amides is 1. The van der Waals surface area contributed by atoms with E-state index in [2.05, 4.69) is 62.4 Å². The Morgan fingerprint density at radius 3 is 2.74 bits per heavy atom. The number of thioether (sulfide) groups is 1. The van der Waals surface area contributed by atoms with Crippen molar-refractivity contribution < 1.29 is 4.79 Å². The van der Waals surface area contributed by atoms with Gasteiger partial charge in [0.25, 0.3) is 0 Å². The lowest BCUT2D eigenvalue weighted by Gasteiger charge is -2.36. The molecule has 9 heteroatoms.